The maximum atomic E-state index is 12.9. The molecule has 2 aliphatic carbocycles. The van der Waals surface area contributed by atoms with E-state index in [4.69, 9.17) is 0 Å². The average Bonchev–Trinajstić information content (AvgIpc) is 3.37. The number of carboxylic acid groups (broad SMARTS) is 1. The van der Waals surface area contributed by atoms with Gasteiger partial charge in [0.1, 0.15) is 0 Å². The van der Waals surface area contributed by atoms with Crippen molar-refractivity contribution >= 4 is 17.6 Å². The minimum atomic E-state index is -0.856. The minimum Gasteiger partial charge on any atom is -0.481 e. The molecule has 1 aromatic carbocycles. The van der Waals surface area contributed by atoms with Crippen molar-refractivity contribution in [1.29, 1.82) is 0 Å². The van der Waals surface area contributed by atoms with Gasteiger partial charge in [-0.05, 0) is 55.7 Å². The van der Waals surface area contributed by atoms with Crippen LogP contribution in [-0.2, 0) is 9.59 Å². The van der Waals surface area contributed by atoms with Crippen LogP contribution in [0.1, 0.15) is 37.8 Å². The molecule has 1 heterocycles. The van der Waals surface area contributed by atoms with Gasteiger partial charge in [0.25, 0.3) is 0 Å². The molecule has 1 saturated heterocycles. The molecular formula is C21H26N2O3. The van der Waals surface area contributed by atoms with Crippen molar-refractivity contribution in [1.82, 2.24) is 5.32 Å². The molecule has 1 aromatic rings. The van der Waals surface area contributed by atoms with E-state index in [1.54, 1.807) is 0 Å². The van der Waals surface area contributed by atoms with Crippen molar-refractivity contribution in [3.8, 4) is 0 Å². The van der Waals surface area contributed by atoms with Crippen LogP contribution in [0.4, 0.5) is 5.69 Å². The van der Waals surface area contributed by atoms with Crippen LogP contribution in [0.15, 0.2) is 36.4 Å². The smallest absolute Gasteiger partial charge is 0.307 e. The first-order chi connectivity index (χ1) is 12.5. The number of carboxylic acids is 1. The van der Waals surface area contributed by atoms with Crippen LogP contribution in [0.5, 0.6) is 0 Å². The number of carbonyl (C=O) groups excluding carboxylic acids is 1. The number of hydrogen-bond donors (Lipinski definition) is 2. The Morgan fingerprint density at radius 3 is 2.54 bits per heavy atom. The number of aliphatic carboxylic acids is 1. The van der Waals surface area contributed by atoms with Crippen LogP contribution < -0.4 is 10.2 Å². The fourth-order valence-corrected chi connectivity index (χ4v) is 4.88. The van der Waals surface area contributed by atoms with Gasteiger partial charge in [0, 0.05) is 18.8 Å². The lowest BCUT2D eigenvalue weighted by Crippen LogP contribution is -2.41. The quantitative estimate of drug-likeness (QED) is 0.798. The van der Waals surface area contributed by atoms with Gasteiger partial charge in [-0.3, -0.25) is 9.59 Å². The SMILES string of the molecule is CC(NC(=O)C1C2C=CC(C2)C1C(=O)O)c1cccc(N2CCCC2)c1. The molecule has 1 amide bonds. The fourth-order valence-electron chi connectivity index (χ4n) is 4.88. The Labute approximate surface area is 154 Å². The molecule has 0 spiro atoms. The number of carbonyl (C=O) groups is 2. The van der Waals surface area contributed by atoms with Gasteiger partial charge in [-0.15, -0.1) is 0 Å². The largest absolute Gasteiger partial charge is 0.481 e. The van der Waals surface area contributed by atoms with E-state index in [0.717, 1.165) is 25.1 Å². The summed E-state index contributed by atoms with van der Waals surface area (Å²) in [6.07, 6.45) is 7.23. The Kier molecular flexibility index (Phi) is 4.47. The standard InChI is InChI=1S/C21H26N2O3/c1-13(14-5-4-6-17(12-14)23-9-2-3-10-23)22-20(24)18-15-7-8-16(11-15)19(18)21(25)26/h4-8,12-13,15-16,18-19H,2-3,9-11H2,1H3,(H,22,24)(H,25,26). The van der Waals surface area contributed by atoms with E-state index < -0.39 is 17.8 Å². The highest BCUT2D eigenvalue weighted by Gasteiger charge is 2.51. The third-order valence-corrected chi connectivity index (χ3v) is 6.25. The van der Waals surface area contributed by atoms with Gasteiger partial charge in [0.15, 0.2) is 0 Å². The molecule has 2 N–H and O–H groups in total. The summed E-state index contributed by atoms with van der Waals surface area (Å²) >= 11 is 0. The third-order valence-electron chi connectivity index (χ3n) is 6.25. The number of benzene rings is 1. The first-order valence-corrected chi connectivity index (χ1v) is 9.61. The minimum absolute atomic E-state index is 0.00190. The summed E-state index contributed by atoms with van der Waals surface area (Å²) < 4.78 is 0. The highest BCUT2D eigenvalue weighted by atomic mass is 16.4. The second kappa shape index (κ2) is 6.78. The molecule has 5 nitrogen and oxygen atoms in total. The molecular weight excluding hydrogens is 328 g/mol. The maximum absolute atomic E-state index is 12.9. The van der Waals surface area contributed by atoms with Crippen LogP contribution in [0, 0.1) is 23.7 Å². The summed E-state index contributed by atoms with van der Waals surface area (Å²) in [5.41, 5.74) is 2.26. The number of anilines is 1. The monoisotopic (exact) mass is 354 g/mol. The molecule has 2 fully saturated rings. The van der Waals surface area contributed by atoms with Crippen molar-refractivity contribution in [2.24, 2.45) is 23.7 Å². The number of allylic oxidation sites excluding steroid dienone is 2. The molecule has 0 aromatic heterocycles. The van der Waals surface area contributed by atoms with Crippen molar-refractivity contribution < 1.29 is 14.7 Å². The molecule has 0 radical (unpaired) electrons. The first kappa shape index (κ1) is 17.1. The fraction of sp³-hybridized carbons (Fsp3) is 0.524. The average molecular weight is 354 g/mol. The van der Waals surface area contributed by atoms with Crippen LogP contribution in [0.25, 0.3) is 0 Å². The normalized spacial score (nSPS) is 30.6. The first-order valence-electron chi connectivity index (χ1n) is 9.61. The molecule has 5 unspecified atom stereocenters. The van der Waals surface area contributed by atoms with Crippen molar-refractivity contribution in [2.75, 3.05) is 18.0 Å². The van der Waals surface area contributed by atoms with E-state index >= 15 is 0 Å². The number of amides is 1. The molecule has 5 heteroatoms. The van der Waals surface area contributed by atoms with Gasteiger partial charge in [0.2, 0.25) is 5.91 Å². The molecule has 5 atom stereocenters. The number of nitrogens with zero attached hydrogens (tertiary/aromatic N) is 1. The zero-order chi connectivity index (χ0) is 18.3. The van der Waals surface area contributed by atoms with Gasteiger partial charge in [-0.2, -0.15) is 0 Å². The van der Waals surface area contributed by atoms with Gasteiger partial charge in [0.05, 0.1) is 17.9 Å². The van der Waals surface area contributed by atoms with E-state index in [0.29, 0.717) is 0 Å². The summed E-state index contributed by atoms with van der Waals surface area (Å²) in [5.74, 6) is -1.97. The lowest BCUT2D eigenvalue weighted by atomic mass is 9.82. The Morgan fingerprint density at radius 2 is 1.85 bits per heavy atom. The van der Waals surface area contributed by atoms with E-state index in [1.807, 2.05) is 31.2 Å². The molecule has 1 aliphatic heterocycles. The molecule has 3 aliphatic rings. The maximum Gasteiger partial charge on any atom is 0.307 e. The summed E-state index contributed by atoms with van der Waals surface area (Å²) in [6, 6.07) is 8.19. The topological polar surface area (TPSA) is 69.6 Å². The number of hydrogen-bond acceptors (Lipinski definition) is 3. The van der Waals surface area contributed by atoms with Crippen LogP contribution in [-0.4, -0.2) is 30.1 Å². The number of fused-ring (bicyclic) bond motifs is 2. The van der Waals surface area contributed by atoms with Gasteiger partial charge < -0.3 is 15.3 Å². The van der Waals surface area contributed by atoms with Gasteiger partial charge >= 0.3 is 5.97 Å². The summed E-state index contributed by atoms with van der Waals surface area (Å²) in [5, 5.41) is 12.6. The predicted octanol–water partition coefficient (Wildman–Crippen LogP) is 2.99. The predicted molar refractivity (Wildman–Crippen MR) is 99.8 cm³/mol. The lowest BCUT2D eigenvalue weighted by molar-refractivity contribution is -0.148. The van der Waals surface area contributed by atoms with Crippen LogP contribution in [0.3, 0.4) is 0 Å². The Balaban J connectivity index is 1.47. The highest BCUT2D eigenvalue weighted by Crippen LogP contribution is 2.48. The zero-order valence-corrected chi connectivity index (χ0v) is 15.1. The molecule has 4 rings (SSSR count). The van der Waals surface area contributed by atoms with E-state index in [2.05, 4.69) is 22.3 Å². The summed E-state index contributed by atoms with van der Waals surface area (Å²) in [7, 11) is 0. The molecule has 2 bridgehead atoms. The van der Waals surface area contributed by atoms with Crippen LogP contribution >= 0.6 is 0 Å². The van der Waals surface area contributed by atoms with Crippen molar-refractivity contribution in [3.63, 3.8) is 0 Å². The van der Waals surface area contributed by atoms with E-state index in [-0.39, 0.29) is 23.8 Å². The number of rotatable bonds is 5. The Morgan fingerprint density at radius 1 is 1.15 bits per heavy atom. The van der Waals surface area contributed by atoms with Crippen molar-refractivity contribution in [2.45, 2.75) is 32.2 Å². The summed E-state index contributed by atoms with van der Waals surface area (Å²) in [4.78, 5) is 26.9. The molecule has 1 saturated carbocycles. The van der Waals surface area contributed by atoms with Crippen molar-refractivity contribution in [3.05, 3.63) is 42.0 Å². The second-order valence-electron chi connectivity index (χ2n) is 7.86. The van der Waals surface area contributed by atoms with Gasteiger partial charge in [-0.1, -0.05) is 24.3 Å². The Hall–Kier alpha value is -2.30. The van der Waals surface area contributed by atoms with Crippen LogP contribution in [0.2, 0.25) is 0 Å². The zero-order valence-electron chi connectivity index (χ0n) is 15.1. The lowest BCUT2D eigenvalue weighted by Gasteiger charge is -2.26. The van der Waals surface area contributed by atoms with E-state index in [1.165, 1.54) is 18.5 Å². The Bertz CT molecular complexity index is 739. The van der Waals surface area contributed by atoms with E-state index in [9.17, 15) is 14.7 Å². The molecule has 138 valence electrons. The second-order valence-corrected chi connectivity index (χ2v) is 7.86. The van der Waals surface area contributed by atoms with Gasteiger partial charge in [-0.25, -0.2) is 0 Å². The third kappa shape index (κ3) is 3.00. The number of nitrogens with one attached hydrogen (secondary N) is 1. The highest BCUT2D eigenvalue weighted by molar-refractivity contribution is 5.87. The summed E-state index contributed by atoms with van der Waals surface area (Å²) in [6.45, 7) is 4.14. The molecule has 26 heavy (non-hydrogen) atoms.